The standard InChI is InChI=1S/C67H120N12O13/c1-26-48-63(88)73(19)46(17)62(87)74(20)50(34-38(4)5)59(84)72-53(41(10)11)66(91)75(21)49(33-37(2)3)58(83)69-44(15)57(82)70-45(16)61(86)76(22)51(35-39(6)7)64(89)77(23)52(36-40(8)9)65(90)78(24)54(42(12)13)67(92)79(25)55(60(85)71-48)56(81)43(14)31-29-27-28-30-32-68-47(18)80/h37-45,48-56,81H,17,26-36H2,1-16,18-25H3,(H,68,80)(H,69,83)(H,70,82)(H,71,85)(H,72,84)/t43-,44-,45+,48-,49-,50+,51+,52-,53-,54-,55+,56-/m1/s1. The molecular formula is C67H120N12O13. The number of nitrogens with one attached hydrogen (secondary N) is 5. The van der Waals surface area contributed by atoms with Crippen molar-refractivity contribution in [3.8, 4) is 0 Å². The third kappa shape index (κ3) is 24.0. The quantitative estimate of drug-likeness (QED) is 0.0746. The summed E-state index contributed by atoms with van der Waals surface area (Å²) in [6.07, 6.45) is 2.19. The average Bonchev–Trinajstić information content (AvgIpc) is 0.824. The van der Waals surface area contributed by atoms with E-state index in [9.17, 15) is 43.5 Å². The van der Waals surface area contributed by atoms with Crippen LogP contribution >= 0.6 is 0 Å². The first-order chi connectivity index (χ1) is 42.5. The van der Waals surface area contributed by atoms with Crippen LogP contribution in [0.1, 0.15) is 182 Å². The Morgan fingerprint density at radius 3 is 1.37 bits per heavy atom. The predicted molar refractivity (Wildman–Crippen MR) is 355 cm³/mol. The molecule has 0 radical (unpaired) electrons. The smallest absolute Gasteiger partial charge is 0.270 e. The zero-order valence-electron chi connectivity index (χ0n) is 60.4. The maximum atomic E-state index is 15.3. The van der Waals surface area contributed by atoms with E-state index in [-0.39, 0.29) is 67.4 Å². The van der Waals surface area contributed by atoms with Crippen LogP contribution in [0.15, 0.2) is 12.3 Å². The first kappa shape index (κ1) is 83.4. The molecule has 25 heteroatoms. The molecule has 0 aromatic rings. The van der Waals surface area contributed by atoms with E-state index in [4.69, 9.17) is 0 Å². The van der Waals surface area contributed by atoms with Gasteiger partial charge in [-0.1, -0.05) is 123 Å². The molecule has 0 saturated carbocycles. The van der Waals surface area contributed by atoms with Gasteiger partial charge in [-0.2, -0.15) is 0 Å². The van der Waals surface area contributed by atoms with Crippen molar-refractivity contribution in [2.45, 2.75) is 248 Å². The van der Waals surface area contributed by atoms with Crippen molar-refractivity contribution in [2.24, 2.45) is 41.4 Å². The van der Waals surface area contributed by atoms with Crippen LogP contribution in [0, 0.1) is 41.4 Å². The molecule has 526 valence electrons. The van der Waals surface area contributed by atoms with Crippen LogP contribution in [0.25, 0.3) is 0 Å². The number of hydrogen-bond donors (Lipinski definition) is 6. The van der Waals surface area contributed by atoms with Gasteiger partial charge in [0.05, 0.1) is 6.10 Å². The van der Waals surface area contributed by atoms with Crippen LogP contribution in [0.4, 0.5) is 0 Å². The maximum Gasteiger partial charge on any atom is 0.270 e. The van der Waals surface area contributed by atoms with E-state index >= 15 is 19.2 Å². The van der Waals surface area contributed by atoms with E-state index < -0.39 is 149 Å². The Morgan fingerprint density at radius 1 is 0.478 bits per heavy atom. The number of aliphatic hydroxyl groups is 1. The second kappa shape index (κ2) is 38.5. The number of unbranched alkanes of at least 4 members (excludes halogenated alkanes) is 3. The number of amides is 12. The molecule has 0 spiro atoms. The van der Waals surface area contributed by atoms with Gasteiger partial charge in [0.25, 0.3) is 5.91 Å². The van der Waals surface area contributed by atoms with Crippen LogP contribution in [0.5, 0.6) is 0 Å². The van der Waals surface area contributed by atoms with Gasteiger partial charge in [-0.05, 0) is 100 Å². The highest BCUT2D eigenvalue weighted by molar-refractivity contribution is 6.02. The normalized spacial score (nSPS) is 25.6. The van der Waals surface area contributed by atoms with Crippen LogP contribution in [0.2, 0.25) is 0 Å². The molecule has 12 atom stereocenters. The first-order valence-corrected chi connectivity index (χ1v) is 33.2. The lowest BCUT2D eigenvalue weighted by atomic mass is 9.90. The van der Waals surface area contributed by atoms with Crippen molar-refractivity contribution < 1.29 is 62.6 Å². The molecule has 1 heterocycles. The highest BCUT2D eigenvalue weighted by Crippen LogP contribution is 2.27. The zero-order valence-corrected chi connectivity index (χ0v) is 60.4. The van der Waals surface area contributed by atoms with Crippen molar-refractivity contribution in [3.05, 3.63) is 12.3 Å². The van der Waals surface area contributed by atoms with Crippen molar-refractivity contribution in [1.82, 2.24) is 60.9 Å². The van der Waals surface area contributed by atoms with Crippen molar-refractivity contribution >= 4 is 70.9 Å². The van der Waals surface area contributed by atoms with Gasteiger partial charge < -0.3 is 66.0 Å². The fraction of sp³-hybridized carbons (Fsp3) is 0.791. The Balaban J connectivity index is 4.36. The summed E-state index contributed by atoms with van der Waals surface area (Å²) in [7, 11) is 9.74. The third-order valence-corrected chi connectivity index (χ3v) is 17.5. The van der Waals surface area contributed by atoms with Crippen molar-refractivity contribution in [2.75, 3.05) is 55.9 Å². The minimum atomic E-state index is -1.66. The summed E-state index contributed by atoms with van der Waals surface area (Å²) in [5.74, 6) is -10.5. The van der Waals surface area contributed by atoms with E-state index in [0.29, 0.717) is 19.4 Å². The summed E-state index contributed by atoms with van der Waals surface area (Å²) in [6.45, 7) is 33.8. The van der Waals surface area contributed by atoms with Gasteiger partial charge in [0.2, 0.25) is 65.0 Å². The van der Waals surface area contributed by atoms with E-state index in [1.54, 1.807) is 41.5 Å². The molecule has 6 N–H and O–H groups in total. The molecule has 92 heavy (non-hydrogen) atoms. The largest absolute Gasteiger partial charge is 0.390 e. The summed E-state index contributed by atoms with van der Waals surface area (Å²) in [5.41, 5.74) is -0.372. The molecule has 0 aromatic carbocycles. The van der Waals surface area contributed by atoms with E-state index in [0.717, 1.165) is 34.0 Å². The van der Waals surface area contributed by atoms with Gasteiger partial charge in [0.15, 0.2) is 0 Å². The van der Waals surface area contributed by atoms with Gasteiger partial charge in [0, 0.05) is 62.8 Å². The number of rotatable bonds is 20. The van der Waals surface area contributed by atoms with Crippen molar-refractivity contribution in [3.63, 3.8) is 0 Å². The minimum absolute atomic E-state index is 0.0394. The lowest BCUT2D eigenvalue weighted by Gasteiger charge is -2.41. The number of nitrogens with zero attached hydrogens (tertiary/aromatic N) is 7. The monoisotopic (exact) mass is 1300 g/mol. The Kier molecular flexibility index (Phi) is 34.9. The van der Waals surface area contributed by atoms with Crippen LogP contribution < -0.4 is 26.6 Å². The second-order valence-electron chi connectivity index (χ2n) is 28.0. The third-order valence-electron chi connectivity index (χ3n) is 17.5. The fourth-order valence-corrected chi connectivity index (χ4v) is 11.6. The molecule has 1 aliphatic heterocycles. The lowest BCUT2D eigenvalue weighted by Crippen LogP contribution is -2.63. The zero-order chi connectivity index (χ0) is 71.3. The molecule has 1 saturated heterocycles. The van der Waals surface area contributed by atoms with Gasteiger partial charge in [-0.3, -0.25) is 57.5 Å². The van der Waals surface area contributed by atoms with Gasteiger partial charge in [0.1, 0.15) is 66.1 Å². The number of carbonyl (C=O) groups is 12. The molecule has 0 aromatic heterocycles. The first-order valence-electron chi connectivity index (χ1n) is 33.2. The van der Waals surface area contributed by atoms with E-state index in [1.165, 1.54) is 89.7 Å². The Morgan fingerprint density at radius 2 is 0.902 bits per heavy atom. The maximum absolute atomic E-state index is 15.3. The summed E-state index contributed by atoms with van der Waals surface area (Å²) in [4.78, 5) is 181. The van der Waals surface area contributed by atoms with Crippen LogP contribution in [0.3, 0.4) is 0 Å². The number of likely N-dealkylation sites (N-methyl/N-ethyl adjacent to an activating group) is 7. The van der Waals surface area contributed by atoms with E-state index in [2.05, 4.69) is 33.2 Å². The number of aliphatic hydroxyl groups excluding tert-OH is 1. The molecule has 1 rings (SSSR count). The van der Waals surface area contributed by atoms with Gasteiger partial charge in [-0.15, -0.1) is 0 Å². The molecule has 0 aliphatic carbocycles. The molecule has 0 bridgehead atoms. The highest BCUT2D eigenvalue weighted by atomic mass is 16.3. The summed E-state index contributed by atoms with van der Waals surface area (Å²) >= 11 is 0. The highest BCUT2D eigenvalue weighted by Gasteiger charge is 2.46. The topological polar surface area (TPSA) is 308 Å². The fourth-order valence-electron chi connectivity index (χ4n) is 11.6. The molecule has 25 nitrogen and oxygen atoms in total. The Hall–Kier alpha value is -6.66. The predicted octanol–water partition coefficient (Wildman–Crippen LogP) is 3.90. The molecule has 0 unspecified atom stereocenters. The number of hydrogen-bond acceptors (Lipinski definition) is 13. The Labute approximate surface area is 550 Å². The van der Waals surface area contributed by atoms with Crippen molar-refractivity contribution in [1.29, 1.82) is 0 Å². The van der Waals surface area contributed by atoms with Gasteiger partial charge >= 0.3 is 0 Å². The van der Waals surface area contributed by atoms with Gasteiger partial charge in [-0.25, -0.2) is 0 Å². The average molecular weight is 1300 g/mol. The molecule has 1 fully saturated rings. The molecule has 1 aliphatic rings. The summed E-state index contributed by atoms with van der Waals surface area (Å²) < 4.78 is 0. The SMILES string of the molecule is C=C1C(=O)N(C)[C@@H](CC(C)C)C(=O)N[C@H](C(C)C)C(=O)N(C)[C@H](CC(C)C)C(=O)N[C@H](C)C(=O)N[C@@H](C)C(=O)N(C)[C@@H](CC(C)C)C(=O)N(C)[C@H](CC(C)C)C(=O)N(C)[C@H](C(C)C)C(=O)N(C)[C@@H]([C@H](O)[C@H](C)CCCCCCNC(C)=O)C(=O)N[C@H](CC)C(=O)N1C. The molecule has 12 amide bonds. The number of carbonyl (C=O) groups excluding carboxylic acids is 12. The second-order valence-corrected chi connectivity index (χ2v) is 28.0. The van der Waals surface area contributed by atoms with Crippen LogP contribution in [-0.2, 0) is 57.5 Å². The lowest BCUT2D eigenvalue weighted by molar-refractivity contribution is -0.157. The summed E-state index contributed by atoms with van der Waals surface area (Å²) in [5, 5.41) is 26.1. The van der Waals surface area contributed by atoms with E-state index in [1.807, 2.05) is 55.4 Å². The Bertz CT molecular complexity index is 2540. The minimum Gasteiger partial charge on any atom is -0.390 e. The van der Waals surface area contributed by atoms with Crippen LogP contribution in [-0.4, -0.2) is 233 Å². The summed E-state index contributed by atoms with van der Waals surface area (Å²) in [6, 6.07) is -12.7. The molecular weight excluding hydrogens is 1180 g/mol.